The summed E-state index contributed by atoms with van der Waals surface area (Å²) in [7, 11) is 0.486. The Morgan fingerprint density at radius 2 is 0.723 bits per heavy atom. The van der Waals surface area contributed by atoms with Crippen molar-refractivity contribution in [3.63, 3.8) is 0 Å². The van der Waals surface area contributed by atoms with Crippen LogP contribution in [-0.4, -0.2) is 10.5 Å². The third kappa shape index (κ3) is 11.3. The Morgan fingerprint density at radius 1 is 0.404 bits per heavy atom. The van der Waals surface area contributed by atoms with Crippen molar-refractivity contribution in [2.75, 3.05) is 0 Å². The van der Waals surface area contributed by atoms with Crippen molar-refractivity contribution in [1.29, 1.82) is 0 Å². The standard InChI is InChI=1S/C18H14NOP.2C12H11P/c20-18(15-8-7-13-19-14-15)21(16-9-3-1-4-10-16)17-11-5-2-6-12-17;2*1-3-7-11(8-4-1)13-12-9-5-2-6-10-12/h1-14H;2*1-10,13H. The lowest BCUT2D eigenvalue weighted by atomic mass is 10.3. The maximum absolute atomic E-state index is 12.9. The lowest BCUT2D eigenvalue weighted by Crippen LogP contribution is -2.18. The number of hydrogen-bond acceptors (Lipinski definition) is 2. The van der Waals surface area contributed by atoms with E-state index in [4.69, 9.17) is 0 Å². The summed E-state index contributed by atoms with van der Waals surface area (Å²) in [6.45, 7) is 0. The first-order chi connectivity index (χ1) is 23.3. The van der Waals surface area contributed by atoms with Crippen LogP contribution >= 0.6 is 25.1 Å². The molecule has 1 heterocycles. The summed E-state index contributed by atoms with van der Waals surface area (Å²) in [4.78, 5) is 17.0. The van der Waals surface area contributed by atoms with Crippen molar-refractivity contribution < 1.29 is 4.79 Å². The van der Waals surface area contributed by atoms with Crippen LogP contribution in [0.2, 0.25) is 0 Å². The van der Waals surface area contributed by atoms with Crippen LogP contribution in [0.3, 0.4) is 0 Å². The minimum absolute atomic E-state index is 0.135. The number of hydrogen-bond donors (Lipinski definition) is 0. The number of aromatic nitrogens is 1. The van der Waals surface area contributed by atoms with Gasteiger partial charge in [-0.1, -0.05) is 199 Å². The van der Waals surface area contributed by atoms with E-state index in [0.717, 1.165) is 27.8 Å². The maximum atomic E-state index is 12.9. The number of benzene rings is 6. The third-order valence-electron chi connectivity index (χ3n) is 6.81. The Labute approximate surface area is 283 Å². The first-order valence-corrected chi connectivity index (χ1v) is 18.7. The Hall–Kier alpha value is -4.57. The minimum atomic E-state index is -1.07. The second-order valence-electron chi connectivity index (χ2n) is 10.3. The molecule has 47 heavy (non-hydrogen) atoms. The van der Waals surface area contributed by atoms with E-state index in [1.807, 2.05) is 66.7 Å². The predicted octanol–water partition coefficient (Wildman–Crippen LogP) is 7.99. The number of carbonyl (C=O) groups is 1. The monoisotopic (exact) mass is 663 g/mol. The summed E-state index contributed by atoms with van der Waals surface area (Å²) in [6.07, 6.45) is 3.33. The molecule has 0 amide bonds. The number of rotatable bonds is 8. The molecular formula is C42H36NOP3. The van der Waals surface area contributed by atoms with Crippen LogP contribution in [0.5, 0.6) is 0 Å². The second kappa shape index (κ2) is 19.2. The van der Waals surface area contributed by atoms with Crippen molar-refractivity contribution in [2.24, 2.45) is 0 Å². The van der Waals surface area contributed by atoms with Crippen LogP contribution in [-0.2, 0) is 0 Å². The van der Waals surface area contributed by atoms with Gasteiger partial charge in [0, 0.05) is 25.9 Å². The van der Waals surface area contributed by atoms with Crippen LogP contribution in [0.1, 0.15) is 10.4 Å². The molecule has 0 spiro atoms. The van der Waals surface area contributed by atoms with Crippen LogP contribution in [0, 0.1) is 0 Å². The number of carbonyl (C=O) groups excluding carboxylic acids is 1. The zero-order valence-corrected chi connectivity index (χ0v) is 28.8. The van der Waals surface area contributed by atoms with Gasteiger partial charge in [-0.15, -0.1) is 0 Å². The molecule has 0 aliphatic heterocycles. The fourth-order valence-electron chi connectivity index (χ4n) is 4.58. The fraction of sp³-hybridized carbons (Fsp3) is 0. The predicted molar refractivity (Wildman–Crippen MR) is 209 cm³/mol. The van der Waals surface area contributed by atoms with E-state index in [9.17, 15) is 4.79 Å². The van der Waals surface area contributed by atoms with Gasteiger partial charge in [0.05, 0.1) is 0 Å². The number of nitrogens with zero attached hydrogens (tertiary/aromatic N) is 1. The molecule has 1 aromatic heterocycles. The average molecular weight is 664 g/mol. The summed E-state index contributed by atoms with van der Waals surface area (Å²) >= 11 is 0. The Morgan fingerprint density at radius 3 is 1.02 bits per heavy atom. The minimum Gasteiger partial charge on any atom is -0.288 e. The van der Waals surface area contributed by atoms with Gasteiger partial charge in [-0.2, -0.15) is 0 Å². The van der Waals surface area contributed by atoms with Gasteiger partial charge >= 0.3 is 0 Å². The molecule has 0 radical (unpaired) electrons. The van der Waals surface area contributed by atoms with E-state index in [2.05, 4.69) is 126 Å². The van der Waals surface area contributed by atoms with Gasteiger partial charge in [0.15, 0.2) is 5.52 Å². The molecule has 0 atom stereocenters. The zero-order valence-electron chi connectivity index (χ0n) is 25.9. The highest BCUT2D eigenvalue weighted by molar-refractivity contribution is 7.88. The molecule has 7 aromatic rings. The summed E-state index contributed by atoms with van der Waals surface area (Å²) in [5.41, 5.74) is 0.798. The van der Waals surface area contributed by atoms with Crippen molar-refractivity contribution in [3.8, 4) is 0 Å². The molecule has 0 bridgehead atoms. The zero-order chi connectivity index (χ0) is 32.4. The Bertz CT molecular complexity index is 1670. The SMILES string of the molecule is O=C(c1cccnc1)P(c1ccccc1)c1ccccc1.c1ccc(Pc2ccccc2)cc1.c1ccc(Pc2ccccc2)cc1. The molecule has 0 saturated heterocycles. The van der Waals surface area contributed by atoms with Crippen LogP contribution in [0.15, 0.2) is 207 Å². The highest BCUT2D eigenvalue weighted by Gasteiger charge is 2.23. The topological polar surface area (TPSA) is 30.0 Å². The summed E-state index contributed by atoms with van der Waals surface area (Å²) in [6, 6.07) is 65.9. The van der Waals surface area contributed by atoms with E-state index in [1.54, 1.807) is 18.5 Å². The smallest absolute Gasteiger partial charge is 0.194 e. The average Bonchev–Trinajstić information content (AvgIpc) is 3.15. The van der Waals surface area contributed by atoms with E-state index in [-0.39, 0.29) is 5.52 Å². The first kappa shape index (κ1) is 33.8. The fourth-order valence-corrected chi connectivity index (χ4v) is 8.78. The molecule has 0 unspecified atom stereocenters. The van der Waals surface area contributed by atoms with Gasteiger partial charge in [-0.25, -0.2) is 0 Å². The molecule has 0 aliphatic carbocycles. The molecule has 0 fully saturated rings. The summed E-state index contributed by atoms with van der Waals surface area (Å²) < 4.78 is 0. The van der Waals surface area contributed by atoms with Gasteiger partial charge in [0.2, 0.25) is 0 Å². The van der Waals surface area contributed by atoms with Gasteiger partial charge in [0.1, 0.15) is 0 Å². The van der Waals surface area contributed by atoms with Gasteiger partial charge < -0.3 is 0 Å². The largest absolute Gasteiger partial charge is 0.288 e. The number of pyridine rings is 1. The quantitative estimate of drug-likeness (QED) is 0.154. The third-order valence-corrected chi connectivity index (χ3v) is 11.6. The van der Waals surface area contributed by atoms with Crippen LogP contribution < -0.4 is 31.8 Å². The first-order valence-electron chi connectivity index (χ1n) is 15.3. The maximum Gasteiger partial charge on any atom is 0.194 e. The molecule has 0 saturated carbocycles. The summed E-state index contributed by atoms with van der Waals surface area (Å²) in [5.74, 6) is 0. The normalized spacial score (nSPS) is 10.1. The summed E-state index contributed by atoms with van der Waals surface area (Å²) in [5, 5.41) is 7.71. The molecular weight excluding hydrogens is 627 g/mol. The Kier molecular flexibility index (Phi) is 13.8. The van der Waals surface area contributed by atoms with Crippen molar-refractivity contribution in [3.05, 3.63) is 212 Å². The second-order valence-corrected chi connectivity index (χ2v) is 15.2. The van der Waals surface area contributed by atoms with Crippen molar-refractivity contribution >= 4 is 62.4 Å². The van der Waals surface area contributed by atoms with Gasteiger partial charge in [-0.3, -0.25) is 9.78 Å². The van der Waals surface area contributed by atoms with Crippen molar-refractivity contribution in [2.45, 2.75) is 0 Å². The molecule has 2 nitrogen and oxygen atoms in total. The lowest BCUT2D eigenvalue weighted by molar-refractivity contribution is 0.108. The Balaban J connectivity index is 0.000000145. The lowest BCUT2D eigenvalue weighted by Gasteiger charge is -2.17. The van der Waals surface area contributed by atoms with Crippen LogP contribution in [0.25, 0.3) is 0 Å². The highest BCUT2D eigenvalue weighted by Crippen LogP contribution is 2.37. The van der Waals surface area contributed by atoms with E-state index in [1.165, 1.54) is 21.2 Å². The molecule has 6 aromatic carbocycles. The molecule has 0 aliphatic rings. The van der Waals surface area contributed by atoms with E-state index >= 15 is 0 Å². The molecule has 0 N–H and O–H groups in total. The van der Waals surface area contributed by atoms with Crippen molar-refractivity contribution in [1.82, 2.24) is 4.98 Å². The molecule has 7 rings (SSSR count). The van der Waals surface area contributed by atoms with Gasteiger partial charge in [0.25, 0.3) is 0 Å². The van der Waals surface area contributed by atoms with Crippen LogP contribution in [0.4, 0.5) is 0 Å². The molecule has 5 heteroatoms. The van der Waals surface area contributed by atoms with E-state index in [0.29, 0.717) is 5.56 Å². The van der Waals surface area contributed by atoms with E-state index < -0.39 is 7.92 Å². The molecule has 230 valence electrons. The van der Waals surface area contributed by atoms with Gasteiger partial charge in [-0.05, 0) is 44.0 Å². The highest BCUT2D eigenvalue weighted by atomic mass is 31.1.